The third kappa shape index (κ3) is 6.93. The molecule has 0 aliphatic carbocycles. The van der Waals surface area contributed by atoms with E-state index in [9.17, 15) is 8.42 Å². The monoisotopic (exact) mass is 575 g/mol. The molecule has 32 heavy (non-hydrogen) atoms. The zero-order valence-electron chi connectivity index (χ0n) is 19.0. The maximum Gasteiger partial charge on any atom is 0.242 e. The summed E-state index contributed by atoms with van der Waals surface area (Å²) >= 11 is 0. The summed E-state index contributed by atoms with van der Waals surface area (Å²) in [5, 5.41) is 6.71. The number of hydrogen-bond donors (Lipinski definition) is 2. The van der Waals surface area contributed by atoms with Gasteiger partial charge in [-0.05, 0) is 55.8 Å². The molecule has 1 aliphatic heterocycles. The number of aliphatic imine (C=N–C) groups is 1. The molecule has 1 aromatic carbocycles. The van der Waals surface area contributed by atoms with E-state index >= 15 is 0 Å². The van der Waals surface area contributed by atoms with E-state index in [2.05, 4.69) is 20.5 Å². The van der Waals surface area contributed by atoms with Crippen LogP contribution >= 0.6 is 24.0 Å². The average molecular weight is 576 g/mol. The summed E-state index contributed by atoms with van der Waals surface area (Å²) < 4.78 is 31.3. The van der Waals surface area contributed by atoms with Gasteiger partial charge in [-0.1, -0.05) is 18.6 Å². The van der Waals surface area contributed by atoms with Crippen molar-refractivity contribution < 1.29 is 12.8 Å². The summed E-state index contributed by atoms with van der Waals surface area (Å²) in [6.45, 7) is 3.37. The molecular weight excluding hydrogens is 541 g/mol. The number of guanidine groups is 1. The molecule has 1 saturated heterocycles. The summed E-state index contributed by atoms with van der Waals surface area (Å²) in [4.78, 5) is 7.07. The fraction of sp³-hybridized carbons (Fsp3) is 0.500. The summed E-state index contributed by atoms with van der Waals surface area (Å²) in [5.74, 6) is 1.65. The minimum absolute atomic E-state index is 0. The molecule has 10 heteroatoms. The van der Waals surface area contributed by atoms with Crippen molar-refractivity contribution in [3.63, 3.8) is 0 Å². The first-order valence-electron chi connectivity index (χ1n) is 10.7. The lowest BCUT2D eigenvalue weighted by atomic mass is 10.1. The number of halogens is 1. The van der Waals surface area contributed by atoms with Crippen LogP contribution in [0.1, 0.15) is 36.6 Å². The predicted molar refractivity (Wildman–Crippen MR) is 138 cm³/mol. The maximum absolute atomic E-state index is 12.2. The summed E-state index contributed by atoms with van der Waals surface area (Å²) in [6, 6.07) is 11.0. The molecule has 0 saturated carbocycles. The van der Waals surface area contributed by atoms with Crippen molar-refractivity contribution in [2.45, 2.75) is 36.7 Å². The Kier molecular flexibility index (Phi) is 10.5. The Bertz CT molecular complexity index is 940. The number of likely N-dealkylation sites (tertiary alicyclic amines) is 1. The lowest BCUT2D eigenvalue weighted by molar-refractivity contribution is 0.146. The number of hydrogen-bond acceptors (Lipinski definition) is 5. The fourth-order valence-corrected chi connectivity index (χ4v) is 4.61. The second-order valence-corrected chi connectivity index (χ2v) is 10.0. The molecule has 0 bridgehead atoms. The summed E-state index contributed by atoms with van der Waals surface area (Å²) in [5.41, 5.74) is 0.972. The van der Waals surface area contributed by atoms with Gasteiger partial charge in [-0.3, -0.25) is 9.89 Å². The van der Waals surface area contributed by atoms with Crippen molar-refractivity contribution in [3.05, 3.63) is 54.0 Å². The standard InChI is InChI=1S/C22H33N5O3S.HI/c1-23-22(24-16-18-9-11-19(12-10-18)31(28,29)26(2)3)25-17-20(21-8-7-15-30-21)27-13-5-4-6-14-27;/h7-12,15,20H,4-6,13-14,16-17H2,1-3H3,(H2,23,24,25);1H. The van der Waals surface area contributed by atoms with Crippen LogP contribution in [0.2, 0.25) is 0 Å². The van der Waals surface area contributed by atoms with Gasteiger partial charge < -0.3 is 15.1 Å². The van der Waals surface area contributed by atoms with Crippen LogP contribution in [0, 0.1) is 0 Å². The van der Waals surface area contributed by atoms with E-state index in [4.69, 9.17) is 4.42 Å². The van der Waals surface area contributed by atoms with Gasteiger partial charge in [0.25, 0.3) is 0 Å². The lowest BCUT2D eigenvalue weighted by Crippen LogP contribution is -2.44. The number of rotatable bonds is 8. The van der Waals surface area contributed by atoms with Gasteiger partial charge in [-0.2, -0.15) is 0 Å². The Balaban J connectivity index is 0.00000363. The smallest absolute Gasteiger partial charge is 0.242 e. The number of benzene rings is 1. The quantitative estimate of drug-likeness (QED) is 0.286. The van der Waals surface area contributed by atoms with Gasteiger partial charge in [0.1, 0.15) is 5.76 Å². The topological polar surface area (TPSA) is 90.2 Å². The van der Waals surface area contributed by atoms with Gasteiger partial charge in [-0.25, -0.2) is 12.7 Å². The Morgan fingerprint density at radius 3 is 2.38 bits per heavy atom. The Morgan fingerprint density at radius 2 is 1.81 bits per heavy atom. The molecule has 0 spiro atoms. The van der Waals surface area contributed by atoms with Crippen LogP contribution in [0.15, 0.2) is 57.0 Å². The fourth-order valence-electron chi connectivity index (χ4n) is 3.71. The summed E-state index contributed by atoms with van der Waals surface area (Å²) in [7, 11) is 1.38. The van der Waals surface area contributed by atoms with E-state index in [1.807, 2.05) is 24.3 Å². The number of nitrogens with one attached hydrogen (secondary N) is 2. The third-order valence-electron chi connectivity index (χ3n) is 5.55. The van der Waals surface area contributed by atoms with E-state index in [0.29, 0.717) is 19.0 Å². The molecule has 178 valence electrons. The van der Waals surface area contributed by atoms with Crippen molar-refractivity contribution in [1.29, 1.82) is 0 Å². The number of nitrogens with zero attached hydrogens (tertiary/aromatic N) is 3. The van der Waals surface area contributed by atoms with Crippen LogP contribution in [0.4, 0.5) is 0 Å². The first-order valence-corrected chi connectivity index (χ1v) is 12.1. The molecule has 2 N–H and O–H groups in total. The second-order valence-electron chi connectivity index (χ2n) is 7.87. The SMILES string of the molecule is CN=C(NCc1ccc(S(=O)(=O)N(C)C)cc1)NCC(c1ccco1)N1CCCCC1.I. The van der Waals surface area contributed by atoms with Crippen LogP contribution < -0.4 is 10.6 Å². The molecule has 2 aromatic rings. The van der Waals surface area contributed by atoms with Gasteiger partial charge in [0.05, 0.1) is 17.2 Å². The molecule has 1 aromatic heterocycles. The lowest BCUT2D eigenvalue weighted by Gasteiger charge is -2.33. The van der Waals surface area contributed by atoms with Gasteiger partial charge in [-0.15, -0.1) is 24.0 Å². The molecule has 8 nitrogen and oxygen atoms in total. The van der Waals surface area contributed by atoms with Gasteiger partial charge in [0.15, 0.2) is 5.96 Å². The van der Waals surface area contributed by atoms with Crippen molar-refractivity contribution in [2.24, 2.45) is 4.99 Å². The van der Waals surface area contributed by atoms with Crippen LogP contribution in [0.3, 0.4) is 0 Å². The number of piperidine rings is 1. The zero-order valence-corrected chi connectivity index (χ0v) is 22.1. The largest absolute Gasteiger partial charge is 0.468 e. The first-order chi connectivity index (χ1) is 14.9. The Labute approximate surface area is 208 Å². The van der Waals surface area contributed by atoms with Crippen LogP contribution in [0.5, 0.6) is 0 Å². The Hall–Kier alpha value is -1.63. The number of sulfonamides is 1. The van der Waals surface area contributed by atoms with Crippen molar-refractivity contribution in [3.8, 4) is 0 Å². The van der Waals surface area contributed by atoms with Crippen molar-refractivity contribution >= 4 is 40.0 Å². The molecule has 0 radical (unpaired) electrons. The molecular formula is C22H34IN5O3S. The van der Waals surface area contributed by atoms with Crippen molar-refractivity contribution in [2.75, 3.05) is 40.8 Å². The van der Waals surface area contributed by atoms with Gasteiger partial charge >= 0.3 is 0 Å². The summed E-state index contributed by atoms with van der Waals surface area (Å²) in [6.07, 6.45) is 5.43. The molecule has 0 amide bonds. The van der Waals surface area contributed by atoms with Crippen LogP contribution in [-0.4, -0.2) is 64.4 Å². The highest BCUT2D eigenvalue weighted by Gasteiger charge is 2.24. The minimum atomic E-state index is -3.42. The maximum atomic E-state index is 12.2. The van der Waals surface area contributed by atoms with E-state index in [1.165, 1.54) is 37.7 Å². The third-order valence-corrected chi connectivity index (χ3v) is 7.38. The van der Waals surface area contributed by atoms with Crippen molar-refractivity contribution in [1.82, 2.24) is 19.8 Å². The normalized spacial score (nSPS) is 16.4. The van der Waals surface area contributed by atoms with Crippen LogP contribution in [-0.2, 0) is 16.6 Å². The minimum Gasteiger partial charge on any atom is -0.468 e. The molecule has 1 aliphatic rings. The molecule has 2 heterocycles. The van der Waals surface area contributed by atoms with E-state index < -0.39 is 10.0 Å². The second kappa shape index (κ2) is 12.6. The van der Waals surface area contributed by atoms with E-state index in [-0.39, 0.29) is 34.9 Å². The Morgan fingerprint density at radius 1 is 1.12 bits per heavy atom. The molecule has 1 atom stereocenters. The molecule has 1 unspecified atom stereocenters. The highest BCUT2D eigenvalue weighted by atomic mass is 127. The van der Waals surface area contributed by atoms with Gasteiger partial charge in [0.2, 0.25) is 10.0 Å². The molecule has 3 rings (SSSR count). The highest BCUT2D eigenvalue weighted by molar-refractivity contribution is 14.0. The van der Waals surface area contributed by atoms with Crippen LogP contribution in [0.25, 0.3) is 0 Å². The predicted octanol–water partition coefficient (Wildman–Crippen LogP) is 3.04. The number of furan rings is 1. The van der Waals surface area contributed by atoms with Gasteiger partial charge in [0, 0.05) is 34.2 Å². The first kappa shape index (κ1) is 26.6. The average Bonchev–Trinajstić information content (AvgIpc) is 3.31. The van der Waals surface area contributed by atoms with E-state index in [1.54, 1.807) is 25.4 Å². The molecule has 1 fully saturated rings. The zero-order chi connectivity index (χ0) is 22.3. The van der Waals surface area contributed by atoms with E-state index in [0.717, 1.165) is 24.4 Å². The highest BCUT2D eigenvalue weighted by Crippen LogP contribution is 2.24.